The fraction of sp³-hybridized carbons (Fsp3) is 0.515. The average Bonchev–Trinajstić information content (AvgIpc) is 3.13. The first-order valence-electron chi connectivity index (χ1n) is 14.3. The Balaban J connectivity index is 1.65. The molecule has 1 heterocycles. The van der Waals surface area contributed by atoms with Crippen LogP contribution in [0.3, 0.4) is 0 Å². The predicted molar refractivity (Wildman–Crippen MR) is 158 cm³/mol. The lowest BCUT2D eigenvalue weighted by Gasteiger charge is -2.26. The first kappa shape index (κ1) is 29.6. The molecule has 0 spiro atoms. The second kappa shape index (κ2) is 14.3. The second-order valence-corrected chi connectivity index (χ2v) is 10.8. The van der Waals surface area contributed by atoms with Gasteiger partial charge in [-0.25, -0.2) is 0 Å². The van der Waals surface area contributed by atoms with Crippen LogP contribution in [-0.2, 0) is 11.3 Å². The Morgan fingerprint density at radius 1 is 1.24 bits per heavy atom. The molecule has 2 unspecified atom stereocenters. The minimum atomic E-state index is -0.471. The molecule has 0 saturated carbocycles. The summed E-state index contributed by atoms with van der Waals surface area (Å²) >= 11 is 0. The lowest BCUT2D eigenvalue weighted by Crippen LogP contribution is -2.46. The Bertz CT molecular complexity index is 1100. The van der Waals surface area contributed by atoms with Gasteiger partial charge in [0.2, 0.25) is 5.91 Å². The molecule has 0 fully saturated rings. The summed E-state index contributed by atoms with van der Waals surface area (Å²) in [5, 5.41) is 2.73. The van der Waals surface area contributed by atoms with Gasteiger partial charge in [0.25, 0.3) is 5.91 Å². The normalized spacial score (nSPS) is 16.8. The quantitative estimate of drug-likeness (QED) is 0.285. The van der Waals surface area contributed by atoms with E-state index in [4.69, 9.17) is 0 Å². The number of nitrogens with one attached hydrogen (secondary N) is 1. The minimum absolute atomic E-state index is 0.0473. The number of nitrogens with zero attached hydrogens (tertiary/aromatic N) is 2. The lowest BCUT2D eigenvalue weighted by atomic mass is 9.90. The van der Waals surface area contributed by atoms with Gasteiger partial charge in [0.1, 0.15) is 6.04 Å². The van der Waals surface area contributed by atoms with Gasteiger partial charge >= 0.3 is 0 Å². The van der Waals surface area contributed by atoms with E-state index < -0.39 is 6.04 Å². The Labute approximate surface area is 230 Å². The van der Waals surface area contributed by atoms with Crippen molar-refractivity contribution in [1.82, 2.24) is 15.1 Å². The Hall–Kier alpha value is -2.92. The van der Waals surface area contributed by atoms with Crippen molar-refractivity contribution in [1.29, 1.82) is 0 Å². The van der Waals surface area contributed by atoms with Crippen LogP contribution in [0.4, 0.5) is 0 Å². The molecule has 1 aliphatic carbocycles. The molecule has 3 rings (SSSR count). The second-order valence-electron chi connectivity index (χ2n) is 10.8. The maximum atomic E-state index is 13.2. The third-order valence-electron chi connectivity index (χ3n) is 8.00. The maximum Gasteiger partial charge on any atom is 0.255 e. The van der Waals surface area contributed by atoms with Gasteiger partial charge in [-0.2, -0.15) is 0 Å². The molecular formula is C33H47N3O2. The zero-order chi connectivity index (χ0) is 27.7. The predicted octanol–water partition coefficient (Wildman–Crippen LogP) is 6.54. The third kappa shape index (κ3) is 7.35. The van der Waals surface area contributed by atoms with Crippen molar-refractivity contribution in [3.8, 4) is 0 Å². The molecule has 2 amide bonds. The van der Waals surface area contributed by atoms with E-state index in [-0.39, 0.29) is 11.8 Å². The van der Waals surface area contributed by atoms with Gasteiger partial charge in [0.15, 0.2) is 0 Å². The zero-order valence-corrected chi connectivity index (χ0v) is 24.2. The molecule has 1 aliphatic heterocycles. The molecule has 0 aromatic heterocycles. The van der Waals surface area contributed by atoms with Gasteiger partial charge in [-0.3, -0.25) is 9.59 Å². The first-order chi connectivity index (χ1) is 18.3. The van der Waals surface area contributed by atoms with E-state index in [1.165, 1.54) is 28.7 Å². The average molecular weight is 518 g/mol. The molecule has 1 aromatic carbocycles. The van der Waals surface area contributed by atoms with Crippen molar-refractivity contribution in [2.24, 2.45) is 0 Å². The van der Waals surface area contributed by atoms with Gasteiger partial charge in [-0.05, 0) is 93.3 Å². The molecule has 0 radical (unpaired) electrons. The van der Waals surface area contributed by atoms with Crippen molar-refractivity contribution in [2.75, 3.05) is 27.2 Å². The SMILES string of the molecule is C=CCCC(C(=O)NC)N1Cc2cc(C(CC)CCN(C)CC3=CCC=C(C)C(CCC)=C3)ccc2C1=O. The molecule has 5 nitrogen and oxygen atoms in total. The Kier molecular flexibility index (Phi) is 11.1. The van der Waals surface area contributed by atoms with Crippen molar-refractivity contribution < 1.29 is 9.59 Å². The molecule has 1 aromatic rings. The fourth-order valence-electron chi connectivity index (χ4n) is 5.68. The highest BCUT2D eigenvalue weighted by atomic mass is 16.2. The first-order valence-corrected chi connectivity index (χ1v) is 14.3. The Morgan fingerprint density at radius 2 is 2.03 bits per heavy atom. The number of amides is 2. The van der Waals surface area contributed by atoms with E-state index >= 15 is 0 Å². The van der Waals surface area contributed by atoms with E-state index in [1.54, 1.807) is 18.0 Å². The van der Waals surface area contributed by atoms with Crippen LogP contribution in [0.2, 0.25) is 0 Å². The van der Waals surface area contributed by atoms with Gasteiger partial charge in [0, 0.05) is 25.7 Å². The summed E-state index contributed by atoms with van der Waals surface area (Å²) in [5.74, 6) is 0.267. The number of allylic oxidation sites excluding steroid dienone is 5. The maximum absolute atomic E-state index is 13.2. The monoisotopic (exact) mass is 517 g/mol. The minimum Gasteiger partial charge on any atom is -0.357 e. The van der Waals surface area contributed by atoms with Crippen LogP contribution in [0.5, 0.6) is 0 Å². The van der Waals surface area contributed by atoms with Crippen LogP contribution in [0, 0.1) is 0 Å². The van der Waals surface area contributed by atoms with E-state index in [0.717, 1.165) is 49.9 Å². The van der Waals surface area contributed by atoms with Gasteiger partial charge in [0.05, 0.1) is 0 Å². The molecule has 0 saturated heterocycles. The summed E-state index contributed by atoms with van der Waals surface area (Å²) in [5.41, 5.74) is 7.36. The number of rotatable bonds is 14. The van der Waals surface area contributed by atoms with Gasteiger partial charge in [-0.15, -0.1) is 6.58 Å². The van der Waals surface area contributed by atoms with Crippen molar-refractivity contribution in [3.05, 3.63) is 82.5 Å². The molecular weight excluding hydrogens is 470 g/mol. The summed E-state index contributed by atoms with van der Waals surface area (Å²) in [6, 6.07) is 5.83. The van der Waals surface area contributed by atoms with Crippen molar-refractivity contribution in [2.45, 2.75) is 84.2 Å². The lowest BCUT2D eigenvalue weighted by molar-refractivity contribution is -0.125. The number of hydrogen-bond donors (Lipinski definition) is 1. The van der Waals surface area contributed by atoms with Crippen LogP contribution in [0.1, 0.15) is 93.1 Å². The van der Waals surface area contributed by atoms with Crippen LogP contribution < -0.4 is 5.32 Å². The molecule has 5 heteroatoms. The Morgan fingerprint density at radius 3 is 2.71 bits per heavy atom. The number of hydrogen-bond acceptors (Lipinski definition) is 3. The molecule has 1 N–H and O–H groups in total. The third-order valence-corrected chi connectivity index (χ3v) is 8.00. The smallest absolute Gasteiger partial charge is 0.255 e. The molecule has 2 aliphatic rings. The topological polar surface area (TPSA) is 52.7 Å². The zero-order valence-electron chi connectivity index (χ0n) is 24.2. The highest BCUT2D eigenvalue weighted by Gasteiger charge is 2.36. The van der Waals surface area contributed by atoms with E-state index in [9.17, 15) is 9.59 Å². The van der Waals surface area contributed by atoms with Crippen molar-refractivity contribution >= 4 is 11.8 Å². The van der Waals surface area contributed by atoms with E-state index in [1.807, 2.05) is 6.07 Å². The highest BCUT2D eigenvalue weighted by molar-refractivity contribution is 6.01. The number of carbonyl (C=O) groups excluding carboxylic acids is 2. The number of fused-ring (bicyclic) bond motifs is 1. The largest absolute Gasteiger partial charge is 0.357 e. The molecule has 206 valence electrons. The van der Waals surface area contributed by atoms with Gasteiger partial charge < -0.3 is 15.1 Å². The van der Waals surface area contributed by atoms with Crippen LogP contribution in [0.25, 0.3) is 0 Å². The fourth-order valence-corrected chi connectivity index (χ4v) is 5.68. The molecule has 38 heavy (non-hydrogen) atoms. The summed E-state index contributed by atoms with van der Waals surface area (Å²) in [6.45, 7) is 13.0. The molecule has 0 bridgehead atoms. The standard InChI is InChI=1S/C33H47N3O2/c1-7-10-15-31(32(37)34-5)36-23-29-21-28(16-17-30(29)33(36)38)26(9-3)18-19-35(6)22-25-14-11-13-24(4)27(20-25)12-8-2/h7,13-14,16-17,20-21,26,31H,1,8-12,15,18-19,22-23H2,2-6H3,(H,34,37). The van der Waals surface area contributed by atoms with Crippen molar-refractivity contribution in [3.63, 3.8) is 0 Å². The highest BCUT2D eigenvalue weighted by Crippen LogP contribution is 2.32. The molecule has 2 atom stereocenters. The number of likely N-dealkylation sites (N-methyl/N-ethyl adjacent to an activating group) is 2. The number of carbonyl (C=O) groups is 2. The van der Waals surface area contributed by atoms with Gasteiger partial charge in [-0.1, -0.05) is 62.3 Å². The van der Waals surface area contributed by atoms with Crippen LogP contribution in [0.15, 0.2) is 65.8 Å². The van der Waals surface area contributed by atoms with E-state index in [0.29, 0.717) is 25.3 Å². The summed E-state index contributed by atoms with van der Waals surface area (Å²) < 4.78 is 0. The summed E-state index contributed by atoms with van der Waals surface area (Å²) in [6.07, 6.45) is 15.6. The van der Waals surface area contributed by atoms with E-state index in [2.05, 4.69) is 75.0 Å². The summed E-state index contributed by atoms with van der Waals surface area (Å²) in [7, 11) is 3.84. The van der Waals surface area contributed by atoms with Crippen LogP contribution in [-0.4, -0.2) is 54.8 Å². The summed E-state index contributed by atoms with van der Waals surface area (Å²) in [4.78, 5) is 29.9. The number of benzene rings is 1. The van der Waals surface area contributed by atoms with Crippen LogP contribution >= 0.6 is 0 Å².